The Hall–Kier alpha value is -1.81. The molecule has 0 saturated heterocycles. The molecular weight excluding hydrogens is 262 g/mol. The Balaban J connectivity index is 1.59. The van der Waals surface area contributed by atoms with Crippen molar-refractivity contribution in [1.82, 2.24) is 14.9 Å². The van der Waals surface area contributed by atoms with Gasteiger partial charge in [0.25, 0.3) is 0 Å². The van der Waals surface area contributed by atoms with Crippen LogP contribution in [0.1, 0.15) is 37.8 Å². The Labute approximate surface area is 125 Å². The zero-order chi connectivity index (χ0) is 14.7. The minimum atomic E-state index is 0.329. The minimum Gasteiger partial charge on any atom is -0.508 e. The maximum Gasteiger partial charge on any atom is 0.115 e. The van der Waals surface area contributed by atoms with Crippen LogP contribution < -0.4 is 5.32 Å². The molecule has 0 aliphatic heterocycles. The second-order valence-electron chi connectivity index (χ2n) is 6.05. The van der Waals surface area contributed by atoms with Crippen molar-refractivity contribution in [1.29, 1.82) is 0 Å². The molecule has 2 N–H and O–H groups in total. The largest absolute Gasteiger partial charge is 0.508 e. The van der Waals surface area contributed by atoms with Gasteiger partial charge in [0.1, 0.15) is 5.75 Å². The van der Waals surface area contributed by atoms with Crippen LogP contribution in [0.25, 0.3) is 0 Å². The molecule has 1 aliphatic rings. The molecule has 1 saturated carbocycles. The van der Waals surface area contributed by atoms with Crippen molar-refractivity contribution in [3.63, 3.8) is 0 Å². The molecule has 3 unspecified atom stereocenters. The van der Waals surface area contributed by atoms with E-state index in [1.165, 1.54) is 24.8 Å². The average molecular weight is 285 g/mol. The van der Waals surface area contributed by atoms with Crippen LogP contribution in [0.4, 0.5) is 0 Å². The smallest absolute Gasteiger partial charge is 0.115 e. The summed E-state index contributed by atoms with van der Waals surface area (Å²) in [7, 11) is 0. The standard InChI is InChI=1S/C17H23N3O/c1-13(11-14-5-7-15(21)8-6-14)19-16-3-2-4-17(16)20-10-9-18-12-20/h5-10,12-13,16-17,19,21H,2-4,11H2,1H3. The Morgan fingerprint density at radius 2 is 2.14 bits per heavy atom. The average Bonchev–Trinajstić information content (AvgIpc) is 3.11. The topological polar surface area (TPSA) is 50.1 Å². The Morgan fingerprint density at radius 1 is 1.33 bits per heavy atom. The summed E-state index contributed by atoms with van der Waals surface area (Å²) >= 11 is 0. The first kappa shape index (κ1) is 14.1. The van der Waals surface area contributed by atoms with E-state index in [-0.39, 0.29) is 0 Å². The predicted octanol–water partition coefficient (Wildman–Crippen LogP) is 2.90. The van der Waals surface area contributed by atoms with E-state index in [1.807, 2.05) is 24.7 Å². The first-order valence-electron chi connectivity index (χ1n) is 7.74. The second-order valence-corrected chi connectivity index (χ2v) is 6.05. The number of phenolic OH excluding ortho intramolecular Hbond substituents is 1. The third-order valence-electron chi connectivity index (χ3n) is 4.36. The quantitative estimate of drug-likeness (QED) is 0.888. The van der Waals surface area contributed by atoms with Crippen LogP contribution in [0.5, 0.6) is 5.75 Å². The lowest BCUT2D eigenvalue weighted by Gasteiger charge is -2.26. The molecule has 0 radical (unpaired) electrons. The van der Waals surface area contributed by atoms with E-state index in [0.717, 1.165) is 6.42 Å². The molecule has 0 bridgehead atoms. The van der Waals surface area contributed by atoms with Crippen molar-refractivity contribution >= 4 is 0 Å². The first-order valence-corrected chi connectivity index (χ1v) is 7.74. The number of benzene rings is 1. The highest BCUT2D eigenvalue weighted by atomic mass is 16.3. The number of aromatic hydroxyl groups is 1. The molecule has 1 aromatic carbocycles. The summed E-state index contributed by atoms with van der Waals surface area (Å²) in [4.78, 5) is 4.17. The fourth-order valence-corrected chi connectivity index (χ4v) is 3.37. The fraction of sp³-hybridized carbons (Fsp3) is 0.471. The maximum absolute atomic E-state index is 9.34. The van der Waals surface area contributed by atoms with Crippen LogP contribution in [0.15, 0.2) is 43.0 Å². The number of nitrogens with one attached hydrogen (secondary N) is 1. The van der Waals surface area contributed by atoms with Crippen LogP contribution in [0, 0.1) is 0 Å². The van der Waals surface area contributed by atoms with E-state index in [2.05, 4.69) is 28.0 Å². The number of imidazole rings is 1. The Morgan fingerprint density at radius 3 is 2.86 bits per heavy atom. The number of nitrogens with zero attached hydrogens (tertiary/aromatic N) is 2. The highest BCUT2D eigenvalue weighted by Crippen LogP contribution is 2.30. The maximum atomic E-state index is 9.34. The van der Waals surface area contributed by atoms with Crippen molar-refractivity contribution in [2.75, 3.05) is 0 Å². The van der Waals surface area contributed by atoms with Gasteiger partial charge in [-0.3, -0.25) is 0 Å². The van der Waals surface area contributed by atoms with Crippen LogP contribution in [-0.2, 0) is 6.42 Å². The van der Waals surface area contributed by atoms with E-state index in [9.17, 15) is 5.11 Å². The minimum absolute atomic E-state index is 0.329. The normalized spacial score (nSPS) is 23.3. The molecule has 0 amide bonds. The van der Waals surface area contributed by atoms with Crippen molar-refractivity contribution < 1.29 is 5.11 Å². The zero-order valence-corrected chi connectivity index (χ0v) is 12.4. The van der Waals surface area contributed by atoms with Gasteiger partial charge in [-0.25, -0.2) is 4.98 Å². The molecule has 4 nitrogen and oxygen atoms in total. The van der Waals surface area contributed by atoms with E-state index < -0.39 is 0 Å². The third kappa shape index (κ3) is 3.45. The van der Waals surface area contributed by atoms with Gasteiger partial charge in [-0.05, 0) is 50.3 Å². The van der Waals surface area contributed by atoms with Crippen molar-refractivity contribution in [3.05, 3.63) is 48.5 Å². The van der Waals surface area contributed by atoms with E-state index in [1.54, 1.807) is 12.1 Å². The van der Waals surface area contributed by atoms with Gasteiger partial charge < -0.3 is 15.0 Å². The SMILES string of the molecule is CC(Cc1ccc(O)cc1)NC1CCCC1n1ccnc1. The molecule has 2 aromatic rings. The second kappa shape index (κ2) is 6.31. The summed E-state index contributed by atoms with van der Waals surface area (Å²) in [6, 6.07) is 8.97. The van der Waals surface area contributed by atoms with Gasteiger partial charge >= 0.3 is 0 Å². The molecule has 1 heterocycles. The van der Waals surface area contributed by atoms with Gasteiger partial charge in [0.15, 0.2) is 0 Å². The molecule has 0 spiro atoms. The number of hydrogen-bond acceptors (Lipinski definition) is 3. The highest BCUT2D eigenvalue weighted by molar-refractivity contribution is 5.26. The van der Waals surface area contributed by atoms with Crippen molar-refractivity contribution in [3.8, 4) is 5.75 Å². The lowest BCUT2D eigenvalue weighted by molar-refractivity contribution is 0.358. The van der Waals surface area contributed by atoms with Gasteiger partial charge in [0, 0.05) is 30.5 Å². The van der Waals surface area contributed by atoms with Crippen molar-refractivity contribution in [2.45, 2.75) is 50.7 Å². The van der Waals surface area contributed by atoms with E-state index >= 15 is 0 Å². The van der Waals surface area contributed by atoms with E-state index in [0.29, 0.717) is 23.9 Å². The van der Waals surface area contributed by atoms with Crippen LogP contribution >= 0.6 is 0 Å². The summed E-state index contributed by atoms with van der Waals surface area (Å²) in [6.45, 7) is 2.23. The molecule has 1 fully saturated rings. The summed E-state index contributed by atoms with van der Waals surface area (Å²) < 4.78 is 2.23. The molecule has 112 valence electrons. The first-order chi connectivity index (χ1) is 10.2. The monoisotopic (exact) mass is 285 g/mol. The summed E-state index contributed by atoms with van der Waals surface area (Å²) in [6.07, 6.45) is 10.5. The summed E-state index contributed by atoms with van der Waals surface area (Å²) in [5.74, 6) is 0.329. The number of hydrogen-bond donors (Lipinski definition) is 2. The molecular formula is C17H23N3O. The molecule has 1 aliphatic carbocycles. The molecule has 4 heteroatoms. The van der Waals surface area contributed by atoms with Gasteiger partial charge in [0.2, 0.25) is 0 Å². The molecule has 1 aromatic heterocycles. The van der Waals surface area contributed by atoms with Crippen molar-refractivity contribution in [2.24, 2.45) is 0 Å². The van der Waals surface area contributed by atoms with Gasteiger partial charge in [-0.2, -0.15) is 0 Å². The van der Waals surface area contributed by atoms with Crippen LogP contribution in [0.3, 0.4) is 0 Å². The molecule has 3 atom stereocenters. The van der Waals surface area contributed by atoms with Gasteiger partial charge in [-0.1, -0.05) is 12.1 Å². The fourth-order valence-electron chi connectivity index (χ4n) is 3.37. The van der Waals surface area contributed by atoms with Gasteiger partial charge in [0.05, 0.1) is 6.33 Å². The van der Waals surface area contributed by atoms with Crippen LogP contribution in [0.2, 0.25) is 0 Å². The Bertz CT molecular complexity index is 550. The zero-order valence-electron chi connectivity index (χ0n) is 12.4. The lowest BCUT2D eigenvalue weighted by Crippen LogP contribution is -2.40. The number of aromatic nitrogens is 2. The third-order valence-corrected chi connectivity index (χ3v) is 4.36. The van der Waals surface area contributed by atoms with Gasteiger partial charge in [-0.15, -0.1) is 0 Å². The summed E-state index contributed by atoms with van der Waals surface area (Å²) in [5, 5.41) is 13.1. The molecule has 3 rings (SSSR count). The van der Waals surface area contributed by atoms with Crippen LogP contribution in [-0.4, -0.2) is 26.7 Å². The summed E-state index contributed by atoms with van der Waals surface area (Å²) in [5.41, 5.74) is 1.25. The predicted molar refractivity (Wildman–Crippen MR) is 83.3 cm³/mol. The lowest BCUT2D eigenvalue weighted by atomic mass is 10.0. The molecule has 21 heavy (non-hydrogen) atoms. The van der Waals surface area contributed by atoms with E-state index in [4.69, 9.17) is 0 Å². The number of phenols is 1. The Kier molecular flexibility index (Phi) is 4.25. The highest BCUT2D eigenvalue weighted by Gasteiger charge is 2.29. The number of rotatable bonds is 5.